The second-order valence-corrected chi connectivity index (χ2v) is 6.35. The van der Waals surface area contributed by atoms with E-state index in [9.17, 15) is 9.59 Å². The molecule has 0 aliphatic heterocycles. The Kier molecular flexibility index (Phi) is 8.44. The largest absolute Gasteiger partial charge is 0.352 e. The van der Waals surface area contributed by atoms with Gasteiger partial charge in [-0.25, -0.2) is 0 Å². The summed E-state index contributed by atoms with van der Waals surface area (Å²) < 4.78 is 0. The van der Waals surface area contributed by atoms with Crippen LogP contribution < -0.4 is 10.6 Å². The third-order valence-electron chi connectivity index (χ3n) is 2.93. The molecule has 0 aliphatic carbocycles. The van der Waals surface area contributed by atoms with Gasteiger partial charge in [-0.15, -0.1) is 0 Å². The minimum Gasteiger partial charge on any atom is -0.352 e. The van der Waals surface area contributed by atoms with E-state index in [1.54, 1.807) is 0 Å². The first-order chi connectivity index (χ1) is 8.72. The van der Waals surface area contributed by atoms with Crippen molar-refractivity contribution in [2.75, 3.05) is 6.54 Å². The van der Waals surface area contributed by atoms with E-state index in [1.807, 2.05) is 13.8 Å². The Balaban J connectivity index is 3.92. The van der Waals surface area contributed by atoms with Crippen LogP contribution in [0.4, 0.5) is 0 Å². The predicted octanol–water partition coefficient (Wildman–Crippen LogP) is 2.34. The fraction of sp³-hybridized carbons (Fsp3) is 0.867. The van der Waals surface area contributed by atoms with Crippen molar-refractivity contribution >= 4 is 11.8 Å². The molecule has 0 aliphatic rings. The topological polar surface area (TPSA) is 58.2 Å². The van der Waals surface area contributed by atoms with Gasteiger partial charge in [-0.2, -0.15) is 0 Å². The lowest BCUT2D eigenvalue weighted by Crippen LogP contribution is -2.42. The highest BCUT2D eigenvalue weighted by molar-refractivity contribution is 5.85. The Morgan fingerprint density at radius 2 is 1.42 bits per heavy atom. The fourth-order valence-electron chi connectivity index (χ4n) is 2.25. The third kappa shape index (κ3) is 9.51. The summed E-state index contributed by atoms with van der Waals surface area (Å²) in [5, 5.41) is 5.59. The van der Waals surface area contributed by atoms with E-state index in [-0.39, 0.29) is 30.3 Å². The average molecular weight is 270 g/mol. The van der Waals surface area contributed by atoms with Crippen LogP contribution >= 0.6 is 0 Å². The minimum atomic E-state index is -0.113. The lowest BCUT2D eigenvalue weighted by molar-refractivity contribution is -0.128. The molecular formula is C15H30N2O2. The molecule has 2 amide bonds. The molecule has 0 heterocycles. The van der Waals surface area contributed by atoms with Crippen LogP contribution in [0, 0.1) is 17.8 Å². The summed E-state index contributed by atoms with van der Waals surface area (Å²) in [6.07, 6.45) is 1.79. The number of nitrogens with one attached hydrogen (secondary N) is 2. The van der Waals surface area contributed by atoms with Gasteiger partial charge >= 0.3 is 0 Å². The number of rotatable bonds is 8. The molecule has 0 bridgehead atoms. The summed E-state index contributed by atoms with van der Waals surface area (Å²) >= 11 is 0. The molecule has 0 rings (SSSR count). The summed E-state index contributed by atoms with van der Waals surface area (Å²) in [4.78, 5) is 23.4. The standard InChI is InChI=1S/C15H30N2O2/c1-10(2)7-12(5)15(19)16-9-14(18)17-13(6)8-11(3)4/h10-13H,7-9H2,1-6H3,(H,16,19)(H,17,18)/t12-,13?/m1/s1. The molecule has 2 atom stereocenters. The van der Waals surface area contributed by atoms with Crippen LogP contribution in [0.25, 0.3) is 0 Å². The number of carbonyl (C=O) groups excluding carboxylic acids is 2. The van der Waals surface area contributed by atoms with E-state index >= 15 is 0 Å². The zero-order valence-corrected chi connectivity index (χ0v) is 13.2. The Bertz CT molecular complexity index is 288. The van der Waals surface area contributed by atoms with Gasteiger partial charge in [0.1, 0.15) is 0 Å². The minimum absolute atomic E-state index is 0.0408. The van der Waals surface area contributed by atoms with Gasteiger partial charge in [0.2, 0.25) is 11.8 Å². The fourth-order valence-corrected chi connectivity index (χ4v) is 2.25. The van der Waals surface area contributed by atoms with Crippen molar-refractivity contribution in [3.05, 3.63) is 0 Å². The van der Waals surface area contributed by atoms with Gasteiger partial charge in [-0.3, -0.25) is 9.59 Å². The van der Waals surface area contributed by atoms with Gasteiger partial charge in [-0.05, 0) is 31.6 Å². The second kappa shape index (κ2) is 8.94. The zero-order chi connectivity index (χ0) is 15.0. The lowest BCUT2D eigenvalue weighted by Gasteiger charge is -2.17. The van der Waals surface area contributed by atoms with Crippen molar-refractivity contribution in [2.45, 2.75) is 60.4 Å². The average Bonchev–Trinajstić information content (AvgIpc) is 2.23. The maximum absolute atomic E-state index is 11.8. The van der Waals surface area contributed by atoms with Crippen LogP contribution in [0.2, 0.25) is 0 Å². The summed E-state index contributed by atoms with van der Waals surface area (Å²) in [6.45, 7) is 12.4. The summed E-state index contributed by atoms with van der Waals surface area (Å²) in [6, 6.07) is 0.150. The van der Waals surface area contributed by atoms with Crippen molar-refractivity contribution in [1.82, 2.24) is 10.6 Å². The molecule has 0 radical (unpaired) electrons. The molecule has 4 nitrogen and oxygen atoms in total. The predicted molar refractivity (Wildman–Crippen MR) is 78.7 cm³/mol. The van der Waals surface area contributed by atoms with E-state index < -0.39 is 0 Å². The Labute approximate surface area is 117 Å². The molecule has 0 fully saturated rings. The summed E-state index contributed by atoms with van der Waals surface area (Å²) in [5.41, 5.74) is 0. The van der Waals surface area contributed by atoms with Crippen LogP contribution in [0.15, 0.2) is 0 Å². The molecule has 0 aromatic carbocycles. The molecule has 0 aromatic rings. The number of hydrogen-bond donors (Lipinski definition) is 2. The second-order valence-electron chi connectivity index (χ2n) is 6.35. The Morgan fingerprint density at radius 1 is 0.895 bits per heavy atom. The van der Waals surface area contributed by atoms with Gasteiger partial charge in [0.25, 0.3) is 0 Å². The van der Waals surface area contributed by atoms with Gasteiger partial charge in [-0.1, -0.05) is 34.6 Å². The van der Waals surface area contributed by atoms with Crippen LogP contribution in [0.5, 0.6) is 0 Å². The smallest absolute Gasteiger partial charge is 0.239 e. The van der Waals surface area contributed by atoms with Crippen molar-refractivity contribution in [2.24, 2.45) is 17.8 Å². The van der Waals surface area contributed by atoms with E-state index in [2.05, 4.69) is 38.3 Å². The highest BCUT2D eigenvalue weighted by atomic mass is 16.2. The number of carbonyl (C=O) groups is 2. The zero-order valence-electron chi connectivity index (χ0n) is 13.2. The van der Waals surface area contributed by atoms with Crippen LogP contribution in [0.1, 0.15) is 54.4 Å². The first kappa shape index (κ1) is 17.9. The number of hydrogen-bond acceptors (Lipinski definition) is 2. The van der Waals surface area contributed by atoms with E-state index in [0.29, 0.717) is 11.8 Å². The monoisotopic (exact) mass is 270 g/mol. The van der Waals surface area contributed by atoms with Gasteiger partial charge < -0.3 is 10.6 Å². The van der Waals surface area contributed by atoms with E-state index in [4.69, 9.17) is 0 Å². The molecule has 112 valence electrons. The normalized spacial score (nSPS) is 14.3. The SMILES string of the molecule is CC(C)CC(C)NC(=O)CNC(=O)[C@H](C)CC(C)C. The molecular weight excluding hydrogens is 240 g/mol. The van der Waals surface area contributed by atoms with Crippen LogP contribution in [0.3, 0.4) is 0 Å². The molecule has 19 heavy (non-hydrogen) atoms. The molecule has 4 heteroatoms. The highest BCUT2D eigenvalue weighted by Crippen LogP contribution is 2.10. The van der Waals surface area contributed by atoms with Crippen molar-refractivity contribution in [3.63, 3.8) is 0 Å². The van der Waals surface area contributed by atoms with Crippen molar-refractivity contribution < 1.29 is 9.59 Å². The molecule has 2 N–H and O–H groups in total. The molecule has 0 saturated heterocycles. The summed E-state index contributed by atoms with van der Waals surface area (Å²) in [7, 11) is 0. The van der Waals surface area contributed by atoms with Gasteiger partial charge in [0, 0.05) is 12.0 Å². The maximum Gasteiger partial charge on any atom is 0.239 e. The summed E-state index contributed by atoms with van der Waals surface area (Å²) in [5.74, 6) is 0.844. The van der Waals surface area contributed by atoms with Gasteiger partial charge in [0.05, 0.1) is 6.54 Å². The maximum atomic E-state index is 11.8. The third-order valence-corrected chi connectivity index (χ3v) is 2.93. The number of amides is 2. The molecule has 0 aromatic heterocycles. The molecule has 1 unspecified atom stereocenters. The quantitative estimate of drug-likeness (QED) is 0.711. The van der Waals surface area contributed by atoms with Crippen molar-refractivity contribution in [1.29, 1.82) is 0 Å². The first-order valence-corrected chi connectivity index (χ1v) is 7.29. The molecule has 0 saturated carbocycles. The Morgan fingerprint density at radius 3 is 1.89 bits per heavy atom. The van der Waals surface area contributed by atoms with Crippen molar-refractivity contribution in [3.8, 4) is 0 Å². The highest BCUT2D eigenvalue weighted by Gasteiger charge is 2.15. The van der Waals surface area contributed by atoms with Gasteiger partial charge in [0.15, 0.2) is 0 Å². The van der Waals surface area contributed by atoms with E-state index in [0.717, 1.165) is 12.8 Å². The Hall–Kier alpha value is -1.06. The van der Waals surface area contributed by atoms with Crippen LogP contribution in [-0.2, 0) is 9.59 Å². The first-order valence-electron chi connectivity index (χ1n) is 7.29. The van der Waals surface area contributed by atoms with E-state index in [1.165, 1.54) is 0 Å². The van der Waals surface area contributed by atoms with Crippen LogP contribution in [-0.4, -0.2) is 24.4 Å². The lowest BCUT2D eigenvalue weighted by atomic mass is 9.98. The molecule has 0 spiro atoms.